The third kappa shape index (κ3) is 3.09. The van der Waals surface area contributed by atoms with Crippen molar-refractivity contribution in [3.63, 3.8) is 0 Å². The zero-order valence-corrected chi connectivity index (χ0v) is 14.7. The second kappa shape index (κ2) is 6.00. The molecule has 132 valence electrons. The van der Waals surface area contributed by atoms with E-state index >= 15 is 0 Å². The van der Waals surface area contributed by atoms with Crippen LogP contribution in [0, 0.1) is 6.92 Å². The molecule has 1 aromatic carbocycles. The number of furan rings is 1. The summed E-state index contributed by atoms with van der Waals surface area (Å²) in [4.78, 5) is 14.1. The van der Waals surface area contributed by atoms with Gasteiger partial charge in [0.15, 0.2) is 16.1 Å². The highest BCUT2D eigenvalue weighted by molar-refractivity contribution is 7.91. The van der Waals surface area contributed by atoms with Gasteiger partial charge in [-0.3, -0.25) is 4.90 Å². The smallest absolute Gasteiger partial charge is 0.340 e. The summed E-state index contributed by atoms with van der Waals surface area (Å²) < 4.78 is 35.2. The normalized spacial score (nSPS) is 24.5. The molecular weight excluding hydrogens is 342 g/mol. The fourth-order valence-electron chi connectivity index (χ4n) is 3.56. The summed E-state index contributed by atoms with van der Waals surface area (Å²) in [6.07, 6.45) is -0.0643. The van der Waals surface area contributed by atoms with Gasteiger partial charge in [0.05, 0.1) is 23.6 Å². The summed E-state index contributed by atoms with van der Waals surface area (Å²) in [5.74, 6) is 1.37. The first kappa shape index (κ1) is 16.4. The first-order valence-corrected chi connectivity index (χ1v) is 10.1. The summed E-state index contributed by atoms with van der Waals surface area (Å²) in [5, 5.41) is 0. The Labute approximate surface area is 146 Å². The van der Waals surface area contributed by atoms with Crippen LogP contribution in [-0.2, 0) is 21.1 Å². The van der Waals surface area contributed by atoms with Crippen LogP contribution in [-0.4, -0.2) is 36.8 Å². The molecule has 2 aliphatic rings. The number of hydrogen-bond acceptors (Lipinski definition) is 6. The van der Waals surface area contributed by atoms with Crippen LogP contribution in [0.4, 0.5) is 0 Å². The van der Waals surface area contributed by atoms with Gasteiger partial charge in [0.25, 0.3) is 0 Å². The lowest BCUT2D eigenvalue weighted by Crippen LogP contribution is -2.39. The van der Waals surface area contributed by atoms with Crippen molar-refractivity contribution < 1.29 is 22.4 Å². The first-order chi connectivity index (χ1) is 11.9. The minimum Gasteiger partial charge on any atom is -0.465 e. The maximum atomic E-state index is 12.2. The number of rotatable bonds is 4. The number of aryl methyl sites for hydroxylation is 1. The van der Waals surface area contributed by atoms with Gasteiger partial charge in [-0.1, -0.05) is 18.2 Å². The van der Waals surface area contributed by atoms with Crippen LogP contribution in [0.25, 0.3) is 0 Å². The number of esters is 1. The van der Waals surface area contributed by atoms with E-state index in [2.05, 4.69) is 0 Å². The molecule has 7 heteroatoms. The number of benzene rings is 1. The molecule has 1 saturated heterocycles. The molecule has 3 heterocycles. The zero-order chi connectivity index (χ0) is 17.6. The molecule has 0 bridgehead atoms. The van der Waals surface area contributed by atoms with E-state index in [1.807, 2.05) is 36.1 Å². The summed E-state index contributed by atoms with van der Waals surface area (Å²) in [6, 6.07) is 10.8. The number of carbonyl (C=O) groups excluding carboxylic acids is 1. The van der Waals surface area contributed by atoms with Gasteiger partial charge in [-0.05, 0) is 31.5 Å². The molecule has 0 radical (unpaired) electrons. The Balaban J connectivity index is 1.69. The molecule has 1 aromatic heterocycles. The minimum atomic E-state index is -3.06. The third-order valence-electron chi connectivity index (χ3n) is 4.78. The van der Waals surface area contributed by atoms with E-state index < -0.39 is 16.1 Å². The highest BCUT2D eigenvalue weighted by atomic mass is 32.2. The van der Waals surface area contributed by atoms with Crippen LogP contribution in [0.5, 0.6) is 0 Å². The van der Waals surface area contributed by atoms with Crippen molar-refractivity contribution in [3.05, 3.63) is 59.0 Å². The van der Waals surface area contributed by atoms with Crippen LogP contribution in [0.3, 0.4) is 0 Å². The number of sulfone groups is 1. The number of hydrogen-bond donors (Lipinski definition) is 0. The van der Waals surface area contributed by atoms with Gasteiger partial charge in [-0.15, -0.1) is 0 Å². The molecule has 25 heavy (non-hydrogen) atoms. The Bertz CT molecular complexity index is 917. The van der Waals surface area contributed by atoms with Crippen LogP contribution < -0.4 is 0 Å². The van der Waals surface area contributed by atoms with Gasteiger partial charge in [0, 0.05) is 11.6 Å². The lowest BCUT2D eigenvalue weighted by atomic mass is 10.1. The second-order valence-electron chi connectivity index (χ2n) is 6.59. The van der Waals surface area contributed by atoms with E-state index in [0.29, 0.717) is 18.5 Å². The van der Waals surface area contributed by atoms with E-state index in [-0.39, 0.29) is 23.5 Å². The first-order valence-electron chi connectivity index (χ1n) is 8.24. The molecule has 0 aliphatic carbocycles. The fourth-order valence-corrected chi connectivity index (χ4v) is 5.31. The molecule has 0 spiro atoms. The van der Waals surface area contributed by atoms with Gasteiger partial charge in [0.1, 0.15) is 11.5 Å². The van der Waals surface area contributed by atoms with E-state index in [4.69, 9.17) is 9.15 Å². The topological polar surface area (TPSA) is 76.8 Å². The number of cyclic esters (lactones) is 1. The molecular formula is C18H19NO5S. The third-order valence-corrected chi connectivity index (χ3v) is 6.53. The predicted octanol–water partition coefficient (Wildman–Crippen LogP) is 2.45. The van der Waals surface area contributed by atoms with Crippen molar-refractivity contribution in [2.24, 2.45) is 0 Å². The highest BCUT2D eigenvalue weighted by Crippen LogP contribution is 2.37. The Morgan fingerprint density at radius 2 is 2.00 bits per heavy atom. The predicted molar refractivity (Wildman–Crippen MR) is 90.6 cm³/mol. The van der Waals surface area contributed by atoms with Gasteiger partial charge in [-0.2, -0.15) is 0 Å². The van der Waals surface area contributed by atoms with Crippen LogP contribution in [0.15, 0.2) is 40.8 Å². The average Bonchev–Trinajstić information content (AvgIpc) is 3.24. The molecule has 2 aliphatic heterocycles. The SMILES string of the molecule is Cc1ccc(CN(C2CCS(=O)(=O)C2)C2OC(=O)c3ccccc32)o1. The van der Waals surface area contributed by atoms with E-state index in [0.717, 1.165) is 17.1 Å². The Kier molecular flexibility index (Phi) is 3.92. The molecule has 2 aromatic rings. The van der Waals surface area contributed by atoms with Crippen molar-refractivity contribution in [3.8, 4) is 0 Å². The molecule has 0 amide bonds. The highest BCUT2D eigenvalue weighted by Gasteiger charge is 2.42. The molecule has 0 saturated carbocycles. The quantitative estimate of drug-likeness (QED) is 0.779. The molecule has 2 unspecified atom stereocenters. The molecule has 1 fully saturated rings. The van der Waals surface area contributed by atoms with E-state index in [1.165, 1.54) is 0 Å². The van der Waals surface area contributed by atoms with Gasteiger partial charge >= 0.3 is 5.97 Å². The van der Waals surface area contributed by atoms with Crippen LogP contribution in [0.2, 0.25) is 0 Å². The lowest BCUT2D eigenvalue weighted by Gasteiger charge is -2.32. The summed E-state index contributed by atoms with van der Waals surface area (Å²) in [5.41, 5.74) is 1.31. The summed E-state index contributed by atoms with van der Waals surface area (Å²) in [6.45, 7) is 2.25. The van der Waals surface area contributed by atoms with Crippen LogP contribution >= 0.6 is 0 Å². The van der Waals surface area contributed by atoms with Crippen molar-refractivity contribution in [2.45, 2.75) is 32.2 Å². The monoisotopic (exact) mass is 361 g/mol. The van der Waals surface area contributed by atoms with Gasteiger partial charge in [-0.25, -0.2) is 13.2 Å². The average molecular weight is 361 g/mol. The molecule has 2 atom stereocenters. The van der Waals surface area contributed by atoms with Crippen molar-refractivity contribution >= 4 is 15.8 Å². The van der Waals surface area contributed by atoms with Gasteiger partial charge < -0.3 is 9.15 Å². The van der Waals surface area contributed by atoms with Crippen LogP contribution in [0.1, 0.15) is 40.1 Å². The maximum absolute atomic E-state index is 12.2. The number of fused-ring (bicyclic) bond motifs is 1. The molecule has 0 N–H and O–H groups in total. The van der Waals surface area contributed by atoms with E-state index in [1.54, 1.807) is 12.1 Å². The molecule has 6 nitrogen and oxygen atoms in total. The zero-order valence-electron chi connectivity index (χ0n) is 13.8. The van der Waals surface area contributed by atoms with Gasteiger partial charge in [0.2, 0.25) is 0 Å². The standard InChI is InChI=1S/C18H19NO5S/c1-12-6-7-14(23-12)10-19(13-8-9-25(21,22)11-13)17-15-4-2-3-5-16(15)18(20)24-17/h2-7,13,17H,8-11H2,1H3. The Morgan fingerprint density at radius 1 is 1.20 bits per heavy atom. The van der Waals surface area contributed by atoms with Crippen molar-refractivity contribution in [1.82, 2.24) is 4.90 Å². The van der Waals surface area contributed by atoms with Crippen molar-refractivity contribution in [2.75, 3.05) is 11.5 Å². The second-order valence-corrected chi connectivity index (χ2v) is 8.82. The van der Waals surface area contributed by atoms with E-state index in [9.17, 15) is 13.2 Å². The van der Waals surface area contributed by atoms with Crippen molar-refractivity contribution in [1.29, 1.82) is 0 Å². The Hall–Kier alpha value is -2.12. The Morgan fingerprint density at radius 3 is 2.68 bits per heavy atom. The maximum Gasteiger partial charge on any atom is 0.340 e. The number of ether oxygens (including phenoxy) is 1. The molecule has 4 rings (SSSR count). The summed E-state index contributed by atoms with van der Waals surface area (Å²) in [7, 11) is -3.06. The lowest BCUT2D eigenvalue weighted by molar-refractivity contribution is -0.0451. The largest absolute Gasteiger partial charge is 0.465 e. The minimum absolute atomic E-state index is 0.0723. The summed E-state index contributed by atoms with van der Waals surface area (Å²) >= 11 is 0. The number of nitrogens with zero attached hydrogens (tertiary/aromatic N) is 1. The fraction of sp³-hybridized carbons (Fsp3) is 0.389. The number of carbonyl (C=O) groups is 1.